The molecule has 2 N–H and O–H groups in total. The molecule has 1 aliphatic heterocycles. The van der Waals surface area contributed by atoms with E-state index < -0.39 is 10.0 Å². The van der Waals surface area contributed by atoms with Crippen LogP contribution in [0.2, 0.25) is 0 Å². The van der Waals surface area contributed by atoms with Crippen LogP contribution in [0.3, 0.4) is 0 Å². The number of aromatic nitrogens is 3. The van der Waals surface area contributed by atoms with E-state index in [1.54, 1.807) is 12.1 Å². The second-order valence-electron chi connectivity index (χ2n) is 6.05. The number of benzene rings is 1. The van der Waals surface area contributed by atoms with Gasteiger partial charge >= 0.3 is 5.69 Å². The number of hydrogen-bond acceptors (Lipinski definition) is 3. The van der Waals surface area contributed by atoms with Crippen LogP contribution in [0, 0.1) is 0 Å². The van der Waals surface area contributed by atoms with E-state index in [9.17, 15) is 13.2 Å². The molecule has 2 aromatic heterocycles. The van der Waals surface area contributed by atoms with Gasteiger partial charge in [-0.05, 0) is 43.2 Å². The Bertz CT molecular complexity index is 1010. The van der Waals surface area contributed by atoms with Crippen molar-refractivity contribution in [2.75, 3.05) is 13.1 Å². The molecule has 0 radical (unpaired) electrons. The highest BCUT2D eigenvalue weighted by molar-refractivity contribution is 7.89. The predicted molar refractivity (Wildman–Crippen MR) is 90.4 cm³/mol. The molecule has 0 amide bonds. The smallest absolute Gasteiger partial charge is 0.323 e. The minimum absolute atomic E-state index is 0.213. The summed E-state index contributed by atoms with van der Waals surface area (Å²) in [5.74, 6) is 0. The maximum absolute atomic E-state index is 12.8. The number of fused-ring (bicyclic) bond motifs is 1. The second-order valence-corrected chi connectivity index (χ2v) is 7.99. The van der Waals surface area contributed by atoms with Crippen molar-refractivity contribution in [3.05, 3.63) is 53.2 Å². The van der Waals surface area contributed by atoms with E-state index >= 15 is 0 Å². The molecule has 0 bridgehead atoms. The van der Waals surface area contributed by atoms with Gasteiger partial charge in [0, 0.05) is 31.5 Å². The molecule has 0 saturated carbocycles. The zero-order valence-electron chi connectivity index (χ0n) is 13.0. The Balaban J connectivity index is 1.57. The molecule has 0 unspecified atom stereocenters. The Kier molecular flexibility index (Phi) is 3.58. The molecule has 0 aliphatic carbocycles. The zero-order valence-corrected chi connectivity index (χ0v) is 13.8. The second kappa shape index (κ2) is 5.64. The number of hydrogen-bond donors (Lipinski definition) is 2. The first-order valence-corrected chi connectivity index (χ1v) is 9.33. The molecule has 1 fully saturated rings. The summed E-state index contributed by atoms with van der Waals surface area (Å²) < 4.78 is 29.4. The highest BCUT2D eigenvalue weighted by Crippen LogP contribution is 2.27. The summed E-state index contributed by atoms with van der Waals surface area (Å²) in [6.45, 7) is 0.986. The monoisotopic (exact) mass is 346 g/mol. The van der Waals surface area contributed by atoms with Crippen LogP contribution < -0.4 is 5.69 Å². The van der Waals surface area contributed by atoms with Gasteiger partial charge in [0.25, 0.3) is 0 Å². The van der Waals surface area contributed by atoms with Crippen LogP contribution in [0.4, 0.5) is 0 Å². The average molecular weight is 346 g/mol. The zero-order chi connectivity index (χ0) is 16.7. The summed E-state index contributed by atoms with van der Waals surface area (Å²) >= 11 is 0. The third kappa shape index (κ3) is 2.57. The maximum Gasteiger partial charge on any atom is 0.323 e. The van der Waals surface area contributed by atoms with Crippen LogP contribution in [0.1, 0.15) is 18.9 Å². The summed E-state index contributed by atoms with van der Waals surface area (Å²) in [7, 11) is -3.55. The minimum Gasteiger partial charge on any atom is -0.351 e. The number of nitrogens with zero attached hydrogens (tertiary/aromatic N) is 2. The Hall–Kier alpha value is -2.32. The fourth-order valence-corrected chi connectivity index (χ4v) is 4.79. The lowest BCUT2D eigenvalue weighted by molar-refractivity contribution is 0.274. The van der Waals surface area contributed by atoms with Gasteiger partial charge in [0.1, 0.15) is 0 Å². The molecule has 0 spiro atoms. The minimum atomic E-state index is -3.55. The van der Waals surface area contributed by atoms with Crippen LogP contribution in [0.5, 0.6) is 0 Å². The van der Waals surface area contributed by atoms with Crippen molar-refractivity contribution in [2.45, 2.75) is 23.8 Å². The molecule has 1 saturated heterocycles. The van der Waals surface area contributed by atoms with Crippen molar-refractivity contribution in [1.82, 2.24) is 18.8 Å². The van der Waals surface area contributed by atoms with Gasteiger partial charge in [-0.3, -0.25) is 0 Å². The Morgan fingerprint density at radius 3 is 2.38 bits per heavy atom. The van der Waals surface area contributed by atoms with Gasteiger partial charge in [0.15, 0.2) is 0 Å². The van der Waals surface area contributed by atoms with Gasteiger partial charge in [-0.25, -0.2) is 13.2 Å². The number of piperidine rings is 1. The first kappa shape index (κ1) is 15.2. The fraction of sp³-hybridized carbons (Fsp3) is 0.312. The van der Waals surface area contributed by atoms with Gasteiger partial charge in [-0.15, -0.1) is 0 Å². The van der Waals surface area contributed by atoms with Crippen LogP contribution in [0.15, 0.2) is 52.4 Å². The van der Waals surface area contributed by atoms with Crippen LogP contribution in [0.25, 0.3) is 11.0 Å². The van der Waals surface area contributed by atoms with E-state index in [2.05, 4.69) is 14.5 Å². The number of sulfonamides is 1. The summed E-state index contributed by atoms with van der Waals surface area (Å²) in [6, 6.07) is 8.98. The van der Waals surface area contributed by atoms with Crippen molar-refractivity contribution >= 4 is 21.1 Å². The topological polar surface area (TPSA) is 91.0 Å². The number of imidazole rings is 1. The third-order valence-corrected chi connectivity index (χ3v) is 6.49. The molecule has 8 heteroatoms. The number of rotatable bonds is 3. The molecular weight excluding hydrogens is 328 g/mol. The maximum atomic E-state index is 12.8. The SMILES string of the molecule is O=c1[nH]c2ccc(S(=O)(=O)N3CCC(n4cccc4)CC3)cc2[nH]1. The quantitative estimate of drug-likeness (QED) is 0.756. The van der Waals surface area contributed by atoms with E-state index in [1.165, 1.54) is 10.4 Å². The van der Waals surface area contributed by atoms with Crippen molar-refractivity contribution in [3.63, 3.8) is 0 Å². The lowest BCUT2D eigenvalue weighted by Gasteiger charge is -2.32. The Labute approximate surface area is 139 Å². The first-order valence-electron chi connectivity index (χ1n) is 7.89. The van der Waals surface area contributed by atoms with Gasteiger partial charge in [0.2, 0.25) is 10.0 Å². The summed E-state index contributed by atoms with van der Waals surface area (Å²) in [5, 5.41) is 0. The third-order valence-electron chi connectivity index (χ3n) is 4.60. The van der Waals surface area contributed by atoms with E-state index in [4.69, 9.17) is 0 Å². The lowest BCUT2D eigenvalue weighted by Crippen LogP contribution is -2.38. The largest absolute Gasteiger partial charge is 0.351 e. The Morgan fingerprint density at radius 2 is 1.67 bits per heavy atom. The van der Waals surface area contributed by atoms with Crippen LogP contribution in [-0.2, 0) is 10.0 Å². The molecule has 24 heavy (non-hydrogen) atoms. The van der Waals surface area contributed by atoms with Gasteiger partial charge in [-0.1, -0.05) is 0 Å². The van der Waals surface area contributed by atoms with Crippen molar-refractivity contribution < 1.29 is 8.42 Å². The number of aromatic amines is 2. The summed E-state index contributed by atoms with van der Waals surface area (Å²) in [5.41, 5.74) is 0.764. The van der Waals surface area contributed by atoms with Crippen molar-refractivity contribution in [2.24, 2.45) is 0 Å². The number of nitrogens with one attached hydrogen (secondary N) is 2. The van der Waals surface area contributed by atoms with E-state index in [1.807, 2.05) is 24.5 Å². The van der Waals surface area contributed by atoms with E-state index in [0.717, 1.165) is 12.8 Å². The molecule has 1 aliphatic rings. The lowest BCUT2D eigenvalue weighted by atomic mass is 10.1. The van der Waals surface area contributed by atoms with E-state index in [0.29, 0.717) is 30.2 Å². The summed E-state index contributed by atoms with van der Waals surface area (Å²) in [6.07, 6.45) is 5.62. The molecule has 0 atom stereocenters. The van der Waals surface area contributed by atoms with Crippen LogP contribution in [-0.4, -0.2) is 40.3 Å². The summed E-state index contributed by atoms with van der Waals surface area (Å²) in [4.78, 5) is 16.8. The van der Waals surface area contributed by atoms with Crippen molar-refractivity contribution in [1.29, 1.82) is 0 Å². The van der Waals surface area contributed by atoms with Gasteiger partial charge < -0.3 is 14.5 Å². The molecule has 3 heterocycles. The highest BCUT2D eigenvalue weighted by atomic mass is 32.2. The molecule has 1 aromatic carbocycles. The van der Waals surface area contributed by atoms with Gasteiger partial charge in [0.05, 0.1) is 15.9 Å². The van der Waals surface area contributed by atoms with Gasteiger partial charge in [-0.2, -0.15) is 4.31 Å². The average Bonchev–Trinajstić information content (AvgIpc) is 3.22. The predicted octanol–water partition coefficient (Wildman–Crippen LogP) is 1.68. The molecular formula is C16H18N4O3S. The molecule has 126 valence electrons. The normalized spacial score (nSPS) is 17.5. The Morgan fingerprint density at radius 1 is 1.00 bits per heavy atom. The van der Waals surface area contributed by atoms with Crippen LogP contribution >= 0.6 is 0 Å². The molecule has 7 nitrogen and oxygen atoms in total. The first-order chi connectivity index (χ1) is 11.5. The highest BCUT2D eigenvalue weighted by Gasteiger charge is 2.30. The van der Waals surface area contributed by atoms with E-state index in [-0.39, 0.29) is 10.6 Å². The fourth-order valence-electron chi connectivity index (χ4n) is 3.29. The number of H-pyrrole nitrogens is 2. The standard InChI is InChI=1S/C16H18N4O3S/c21-16-17-14-4-3-13(11-15(14)18-16)24(22,23)20-9-5-12(6-10-20)19-7-1-2-8-19/h1-4,7-8,11-12H,5-6,9-10H2,(H2,17,18,21). The molecule has 4 rings (SSSR count). The molecule has 3 aromatic rings. The van der Waals surface area contributed by atoms with Crippen molar-refractivity contribution in [3.8, 4) is 0 Å².